The number of rotatable bonds is 2. The number of H-pyrrole nitrogens is 1. The Morgan fingerprint density at radius 1 is 0.941 bits per heavy atom. The van der Waals surface area contributed by atoms with Crippen molar-refractivity contribution in [3.8, 4) is 0 Å². The van der Waals surface area contributed by atoms with E-state index in [9.17, 15) is 26.3 Å². The van der Waals surface area contributed by atoms with Crippen LogP contribution in [0.5, 0.6) is 0 Å². The third-order valence-corrected chi connectivity index (χ3v) is 6.54. The number of para-hydroxylation sites is 1. The summed E-state index contributed by atoms with van der Waals surface area (Å²) in [5.41, 5.74) is -0.700. The van der Waals surface area contributed by atoms with Crippen LogP contribution >= 0.6 is 0 Å². The van der Waals surface area contributed by atoms with Crippen LogP contribution in [0.15, 0.2) is 53.5 Å². The number of benzene rings is 2. The number of amidine groups is 2. The van der Waals surface area contributed by atoms with E-state index in [-0.39, 0.29) is 36.5 Å². The van der Waals surface area contributed by atoms with E-state index in [1.807, 2.05) is 0 Å². The molecule has 2 aliphatic rings. The van der Waals surface area contributed by atoms with Gasteiger partial charge < -0.3 is 4.90 Å². The first kappa shape index (κ1) is 22.4. The van der Waals surface area contributed by atoms with Crippen molar-refractivity contribution in [2.45, 2.75) is 37.7 Å². The van der Waals surface area contributed by atoms with Gasteiger partial charge in [-0.05, 0) is 31.0 Å². The molecular weight excluding hydrogens is 460 g/mol. The largest absolute Gasteiger partial charge is 0.417 e. The lowest BCUT2D eigenvalue weighted by molar-refractivity contribution is -0.190. The van der Waals surface area contributed by atoms with Gasteiger partial charge in [-0.2, -0.15) is 31.4 Å². The molecule has 0 radical (unpaired) electrons. The molecule has 2 heterocycles. The molecule has 1 fully saturated rings. The van der Waals surface area contributed by atoms with Gasteiger partial charge in [0.25, 0.3) is 0 Å². The first-order chi connectivity index (χ1) is 16.1. The molecule has 1 aliphatic carbocycles. The second kappa shape index (κ2) is 7.85. The Balaban J connectivity index is 1.76. The van der Waals surface area contributed by atoms with Crippen LogP contribution in [0.3, 0.4) is 0 Å². The van der Waals surface area contributed by atoms with E-state index < -0.39 is 41.6 Å². The molecule has 2 aromatic carbocycles. The summed E-state index contributed by atoms with van der Waals surface area (Å²) in [7, 11) is 0. The van der Waals surface area contributed by atoms with E-state index in [2.05, 4.69) is 15.2 Å². The molecule has 0 amide bonds. The molecular formula is C23H19F6N5. The summed E-state index contributed by atoms with van der Waals surface area (Å²) in [5.74, 6) is -3.72. The molecule has 11 heteroatoms. The molecule has 5 nitrogen and oxygen atoms in total. The van der Waals surface area contributed by atoms with Gasteiger partial charge in [0.05, 0.1) is 22.9 Å². The zero-order chi connectivity index (χ0) is 24.3. The second-order valence-electron chi connectivity index (χ2n) is 8.50. The Kier molecular flexibility index (Phi) is 5.18. The van der Waals surface area contributed by atoms with Crippen molar-refractivity contribution in [1.82, 2.24) is 10.2 Å². The summed E-state index contributed by atoms with van der Waals surface area (Å²) < 4.78 is 83.4. The zero-order valence-electron chi connectivity index (χ0n) is 17.6. The monoisotopic (exact) mass is 479 g/mol. The molecule has 1 aliphatic heterocycles. The van der Waals surface area contributed by atoms with Crippen molar-refractivity contribution in [2.75, 3.05) is 4.90 Å². The number of nitrogens with zero attached hydrogens (tertiary/aromatic N) is 3. The predicted octanol–water partition coefficient (Wildman–Crippen LogP) is 6.17. The smallest absolute Gasteiger partial charge is 0.305 e. The number of aromatic nitrogens is 2. The van der Waals surface area contributed by atoms with Gasteiger partial charge in [-0.3, -0.25) is 10.5 Å². The molecule has 3 atom stereocenters. The number of fused-ring (bicyclic) bond motifs is 2. The Morgan fingerprint density at radius 2 is 1.65 bits per heavy atom. The van der Waals surface area contributed by atoms with E-state index in [4.69, 9.17) is 5.41 Å². The highest BCUT2D eigenvalue weighted by molar-refractivity contribution is 6.19. The lowest BCUT2D eigenvalue weighted by Gasteiger charge is -2.47. The molecule has 3 aromatic rings. The first-order valence-corrected chi connectivity index (χ1v) is 10.7. The molecule has 2 N–H and O–H groups in total. The van der Waals surface area contributed by atoms with E-state index >= 15 is 0 Å². The molecule has 34 heavy (non-hydrogen) atoms. The average Bonchev–Trinajstić information content (AvgIpc) is 3.21. The number of alkyl halides is 6. The highest BCUT2D eigenvalue weighted by Gasteiger charge is 2.55. The minimum absolute atomic E-state index is 0.161. The number of hydrogen-bond acceptors (Lipinski definition) is 3. The maximum Gasteiger partial charge on any atom is 0.417 e. The Morgan fingerprint density at radius 3 is 2.38 bits per heavy atom. The van der Waals surface area contributed by atoms with Crippen LogP contribution < -0.4 is 4.90 Å². The van der Waals surface area contributed by atoms with Gasteiger partial charge in [0.15, 0.2) is 5.82 Å². The number of anilines is 1. The fraction of sp³-hybridized carbons (Fsp3) is 0.348. The van der Waals surface area contributed by atoms with E-state index in [1.165, 1.54) is 23.1 Å². The van der Waals surface area contributed by atoms with Gasteiger partial charge in [-0.15, -0.1) is 0 Å². The van der Waals surface area contributed by atoms with Crippen molar-refractivity contribution in [1.29, 1.82) is 5.41 Å². The maximum atomic E-state index is 13.9. The lowest BCUT2D eigenvalue weighted by Crippen LogP contribution is -2.57. The van der Waals surface area contributed by atoms with Gasteiger partial charge in [0.2, 0.25) is 0 Å². The SMILES string of the molecule is N=C1N=C(c2ccccc2C(F)(F)F)N(c2n[nH]c3ccccc23)C2CCCC(C(F)(F)F)C12. The Bertz CT molecular complexity index is 1270. The van der Waals surface area contributed by atoms with Crippen LogP contribution in [0.25, 0.3) is 10.9 Å². The minimum Gasteiger partial charge on any atom is -0.305 e. The minimum atomic E-state index is -4.72. The number of aliphatic imine (C=N–C) groups is 1. The number of aromatic amines is 1. The zero-order valence-corrected chi connectivity index (χ0v) is 17.6. The molecule has 1 saturated carbocycles. The van der Waals surface area contributed by atoms with Crippen molar-refractivity contribution < 1.29 is 26.3 Å². The Labute approximate surface area is 190 Å². The summed E-state index contributed by atoms with van der Waals surface area (Å²) >= 11 is 0. The first-order valence-electron chi connectivity index (χ1n) is 10.7. The van der Waals surface area contributed by atoms with Gasteiger partial charge in [0.1, 0.15) is 11.7 Å². The summed E-state index contributed by atoms with van der Waals surface area (Å²) in [6, 6.07) is 10.7. The molecule has 3 unspecified atom stereocenters. The molecule has 5 rings (SSSR count). The molecule has 1 aromatic heterocycles. The highest BCUT2D eigenvalue weighted by atomic mass is 19.4. The van der Waals surface area contributed by atoms with Gasteiger partial charge in [-0.25, -0.2) is 4.99 Å². The number of nitrogens with one attached hydrogen (secondary N) is 2. The van der Waals surface area contributed by atoms with Crippen molar-refractivity contribution >= 4 is 28.4 Å². The fourth-order valence-electron chi connectivity index (χ4n) is 5.11. The predicted molar refractivity (Wildman–Crippen MR) is 115 cm³/mol. The molecule has 0 bridgehead atoms. The van der Waals surface area contributed by atoms with Crippen LogP contribution in [0.2, 0.25) is 0 Å². The average molecular weight is 479 g/mol. The van der Waals surface area contributed by atoms with Gasteiger partial charge in [0, 0.05) is 17.0 Å². The van der Waals surface area contributed by atoms with Crippen LogP contribution in [-0.4, -0.2) is 34.1 Å². The molecule has 0 spiro atoms. The van der Waals surface area contributed by atoms with Crippen molar-refractivity contribution in [3.05, 3.63) is 59.7 Å². The van der Waals surface area contributed by atoms with Crippen LogP contribution in [0.1, 0.15) is 30.4 Å². The summed E-state index contributed by atoms with van der Waals surface area (Å²) in [4.78, 5) is 5.47. The quantitative estimate of drug-likeness (QED) is 0.432. The molecule has 0 saturated heterocycles. The number of hydrogen-bond donors (Lipinski definition) is 2. The fourth-order valence-corrected chi connectivity index (χ4v) is 5.11. The van der Waals surface area contributed by atoms with Crippen molar-refractivity contribution in [2.24, 2.45) is 16.8 Å². The number of halogens is 6. The van der Waals surface area contributed by atoms with Crippen molar-refractivity contribution in [3.63, 3.8) is 0 Å². The van der Waals surface area contributed by atoms with Gasteiger partial charge >= 0.3 is 12.4 Å². The maximum absolute atomic E-state index is 13.9. The summed E-state index contributed by atoms with van der Waals surface area (Å²) in [5, 5.41) is 16.0. The summed E-state index contributed by atoms with van der Waals surface area (Å²) in [6.45, 7) is 0. The standard InChI is InChI=1S/C23H19F6N5/c24-22(25,26)14-8-3-1-6-12(14)20-31-19(30)18-15(23(27,28)29)9-5-11-17(18)34(20)21-13-7-2-4-10-16(13)32-33-21/h1-4,6-8,10,15,17-18,30H,5,9,11H2,(H,32,33). The third-order valence-electron chi connectivity index (χ3n) is 6.54. The topological polar surface area (TPSA) is 68.1 Å². The van der Waals surface area contributed by atoms with E-state index in [0.29, 0.717) is 10.9 Å². The van der Waals surface area contributed by atoms with E-state index in [0.717, 1.165) is 6.07 Å². The third kappa shape index (κ3) is 3.63. The van der Waals surface area contributed by atoms with E-state index in [1.54, 1.807) is 24.3 Å². The highest BCUT2D eigenvalue weighted by Crippen LogP contribution is 2.47. The van der Waals surface area contributed by atoms with Crippen LogP contribution in [0.4, 0.5) is 32.2 Å². The van der Waals surface area contributed by atoms with Crippen LogP contribution in [0, 0.1) is 17.2 Å². The normalized spacial score (nSPS) is 23.7. The molecule has 178 valence electrons. The summed E-state index contributed by atoms with van der Waals surface area (Å²) in [6.07, 6.45) is -8.98. The van der Waals surface area contributed by atoms with Crippen LogP contribution in [-0.2, 0) is 6.18 Å². The lowest BCUT2D eigenvalue weighted by atomic mass is 9.73. The Hall–Kier alpha value is -3.37. The van der Waals surface area contributed by atoms with Gasteiger partial charge in [-0.1, -0.05) is 36.8 Å². The second-order valence-corrected chi connectivity index (χ2v) is 8.50.